The highest BCUT2D eigenvalue weighted by Crippen LogP contribution is 2.61. The van der Waals surface area contributed by atoms with Crippen LogP contribution in [-0.4, -0.2) is 26.7 Å². The van der Waals surface area contributed by atoms with E-state index in [2.05, 4.69) is 5.10 Å². The zero-order valence-electron chi connectivity index (χ0n) is 14.6. The molecule has 1 heterocycles. The van der Waals surface area contributed by atoms with Gasteiger partial charge in [-0.05, 0) is 51.4 Å². The van der Waals surface area contributed by atoms with E-state index in [4.69, 9.17) is 4.98 Å². The summed E-state index contributed by atoms with van der Waals surface area (Å²) in [6.07, 6.45) is -1.45. The summed E-state index contributed by atoms with van der Waals surface area (Å²) in [6, 6.07) is 0.166. The van der Waals surface area contributed by atoms with Crippen LogP contribution in [0.1, 0.15) is 81.9 Å². The standard InChI is InChI=1S/C18H24F3N3O/c1-9(2)24-17(15-13-7-12(25)8-14(13)15)22-16(23-24)10-3-5-11(6-4-10)18(19,20)21/h9-11,13-15H,3-8H2,1-2H3. The normalized spacial score (nSPS) is 35.3. The van der Waals surface area contributed by atoms with Gasteiger partial charge in [-0.15, -0.1) is 0 Å². The molecular weight excluding hydrogens is 331 g/mol. The molecule has 3 aliphatic rings. The van der Waals surface area contributed by atoms with Crippen molar-refractivity contribution in [3.8, 4) is 0 Å². The Balaban J connectivity index is 1.50. The maximum absolute atomic E-state index is 12.9. The molecule has 0 bridgehead atoms. The van der Waals surface area contributed by atoms with Crippen molar-refractivity contribution in [2.24, 2.45) is 17.8 Å². The Labute approximate surface area is 145 Å². The van der Waals surface area contributed by atoms with E-state index in [1.807, 2.05) is 18.5 Å². The molecule has 0 aromatic carbocycles. The van der Waals surface area contributed by atoms with Crippen LogP contribution in [0.4, 0.5) is 13.2 Å². The maximum atomic E-state index is 12.9. The lowest BCUT2D eigenvalue weighted by atomic mass is 9.81. The lowest BCUT2D eigenvalue weighted by Crippen LogP contribution is -2.27. The summed E-state index contributed by atoms with van der Waals surface area (Å²) in [5.41, 5.74) is 0. The second-order valence-corrected chi connectivity index (χ2v) is 8.26. The van der Waals surface area contributed by atoms with Crippen LogP contribution >= 0.6 is 0 Å². The Morgan fingerprint density at radius 3 is 2.20 bits per heavy atom. The minimum absolute atomic E-state index is 0.0255. The Kier molecular flexibility index (Phi) is 3.96. The number of hydrogen-bond donors (Lipinski definition) is 0. The van der Waals surface area contributed by atoms with Gasteiger partial charge in [-0.25, -0.2) is 9.67 Å². The number of hydrogen-bond acceptors (Lipinski definition) is 3. The molecule has 1 aromatic rings. The van der Waals surface area contributed by atoms with E-state index in [9.17, 15) is 18.0 Å². The summed E-state index contributed by atoms with van der Waals surface area (Å²) >= 11 is 0. The van der Waals surface area contributed by atoms with Crippen LogP contribution in [0.3, 0.4) is 0 Å². The van der Waals surface area contributed by atoms with Gasteiger partial charge in [-0.3, -0.25) is 4.79 Å². The van der Waals surface area contributed by atoms with Gasteiger partial charge in [0.25, 0.3) is 0 Å². The average molecular weight is 355 g/mol. The Hall–Kier alpha value is -1.40. The van der Waals surface area contributed by atoms with Crippen LogP contribution < -0.4 is 0 Å². The summed E-state index contributed by atoms with van der Waals surface area (Å²) < 4.78 is 40.5. The predicted molar refractivity (Wildman–Crippen MR) is 85.1 cm³/mol. The molecule has 3 saturated carbocycles. The molecule has 4 rings (SSSR count). The molecule has 2 atom stereocenters. The maximum Gasteiger partial charge on any atom is 0.391 e. The number of ketones is 1. The fraction of sp³-hybridized carbons (Fsp3) is 0.833. The van der Waals surface area contributed by atoms with Crippen LogP contribution in [0, 0.1) is 17.8 Å². The molecule has 0 spiro atoms. The molecule has 2 unspecified atom stereocenters. The fourth-order valence-corrected chi connectivity index (χ4v) is 4.81. The molecule has 3 aliphatic carbocycles. The van der Waals surface area contributed by atoms with Crippen LogP contribution in [0.2, 0.25) is 0 Å². The van der Waals surface area contributed by atoms with Gasteiger partial charge in [-0.1, -0.05) is 0 Å². The van der Waals surface area contributed by atoms with E-state index >= 15 is 0 Å². The first kappa shape index (κ1) is 17.0. The number of fused-ring (bicyclic) bond motifs is 1. The summed E-state index contributed by atoms with van der Waals surface area (Å²) in [5, 5.41) is 4.67. The number of rotatable bonds is 3. The Morgan fingerprint density at radius 1 is 1.08 bits per heavy atom. The van der Waals surface area contributed by atoms with Gasteiger partial charge < -0.3 is 0 Å². The third kappa shape index (κ3) is 2.99. The number of carbonyl (C=O) groups is 1. The van der Waals surface area contributed by atoms with Gasteiger partial charge in [0, 0.05) is 30.7 Å². The molecular formula is C18H24F3N3O. The monoisotopic (exact) mass is 355 g/mol. The zero-order valence-corrected chi connectivity index (χ0v) is 14.6. The van der Waals surface area contributed by atoms with Gasteiger partial charge in [0.1, 0.15) is 11.6 Å². The van der Waals surface area contributed by atoms with Gasteiger partial charge in [0.05, 0.1) is 5.92 Å². The molecule has 138 valence electrons. The second kappa shape index (κ2) is 5.81. The number of Topliss-reactive ketones (excluding diaryl/α,β-unsaturated/α-hetero) is 1. The van der Waals surface area contributed by atoms with Crippen LogP contribution in [-0.2, 0) is 4.79 Å². The number of alkyl halides is 3. The second-order valence-electron chi connectivity index (χ2n) is 8.26. The first-order chi connectivity index (χ1) is 11.8. The van der Waals surface area contributed by atoms with Crippen molar-refractivity contribution in [1.82, 2.24) is 14.8 Å². The molecule has 3 fully saturated rings. The highest BCUT2D eigenvalue weighted by molar-refractivity contribution is 5.83. The first-order valence-electron chi connectivity index (χ1n) is 9.30. The molecule has 1 aromatic heterocycles. The summed E-state index contributed by atoms with van der Waals surface area (Å²) in [6.45, 7) is 4.09. The van der Waals surface area contributed by atoms with Gasteiger partial charge in [0.15, 0.2) is 5.82 Å². The van der Waals surface area contributed by atoms with E-state index in [1.165, 1.54) is 0 Å². The Morgan fingerprint density at radius 2 is 1.68 bits per heavy atom. The number of carbonyl (C=O) groups excluding carboxylic acids is 1. The zero-order chi connectivity index (χ0) is 17.9. The van der Waals surface area contributed by atoms with E-state index in [1.54, 1.807) is 0 Å². The number of halogens is 3. The third-order valence-electron chi connectivity index (χ3n) is 6.27. The van der Waals surface area contributed by atoms with Crippen molar-refractivity contribution in [2.75, 3.05) is 0 Å². The topological polar surface area (TPSA) is 47.8 Å². The van der Waals surface area contributed by atoms with Crippen LogP contribution in [0.25, 0.3) is 0 Å². The lowest BCUT2D eigenvalue weighted by molar-refractivity contribution is -0.182. The van der Waals surface area contributed by atoms with Crippen molar-refractivity contribution in [2.45, 2.75) is 76.4 Å². The van der Waals surface area contributed by atoms with Crippen LogP contribution in [0.5, 0.6) is 0 Å². The molecule has 4 nitrogen and oxygen atoms in total. The smallest absolute Gasteiger partial charge is 0.300 e. The van der Waals surface area contributed by atoms with E-state index < -0.39 is 12.1 Å². The SMILES string of the molecule is CC(C)n1nc(C2CCC(C(F)(F)F)CC2)nc1C1C2CC(=O)CC21. The van der Waals surface area contributed by atoms with Crippen molar-refractivity contribution >= 4 is 5.78 Å². The first-order valence-corrected chi connectivity index (χ1v) is 9.30. The fourth-order valence-electron chi connectivity index (χ4n) is 4.81. The van der Waals surface area contributed by atoms with E-state index in [-0.39, 0.29) is 24.8 Å². The van der Waals surface area contributed by atoms with Gasteiger partial charge in [-0.2, -0.15) is 18.3 Å². The van der Waals surface area contributed by atoms with Gasteiger partial charge in [0.2, 0.25) is 0 Å². The minimum atomic E-state index is -4.08. The highest BCUT2D eigenvalue weighted by Gasteiger charge is 2.58. The highest BCUT2D eigenvalue weighted by atomic mass is 19.4. The molecule has 0 N–H and O–H groups in total. The largest absolute Gasteiger partial charge is 0.391 e. The summed E-state index contributed by atoms with van der Waals surface area (Å²) in [5.74, 6) is 1.97. The molecule has 0 amide bonds. The molecule has 0 saturated heterocycles. The predicted octanol–water partition coefficient (Wildman–Crippen LogP) is 4.39. The quantitative estimate of drug-likeness (QED) is 0.808. The van der Waals surface area contributed by atoms with Crippen molar-refractivity contribution in [3.63, 3.8) is 0 Å². The van der Waals surface area contributed by atoms with Crippen molar-refractivity contribution in [1.29, 1.82) is 0 Å². The van der Waals surface area contributed by atoms with E-state index in [0.717, 1.165) is 5.82 Å². The molecule has 0 radical (unpaired) electrons. The average Bonchev–Trinajstić information content (AvgIpc) is 2.90. The minimum Gasteiger partial charge on any atom is -0.300 e. The van der Waals surface area contributed by atoms with Crippen molar-refractivity contribution < 1.29 is 18.0 Å². The van der Waals surface area contributed by atoms with E-state index in [0.29, 0.717) is 55.0 Å². The number of aromatic nitrogens is 3. The summed E-state index contributed by atoms with van der Waals surface area (Å²) in [7, 11) is 0. The van der Waals surface area contributed by atoms with Crippen molar-refractivity contribution in [3.05, 3.63) is 11.6 Å². The Bertz CT molecular complexity index is 660. The molecule has 7 heteroatoms. The number of nitrogens with zero attached hydrogens (tertiary/aromatic N) is 3. The third-order valence-corrected chi connectivity index (χ3v) is 6.27. The lowest BCUT2D eigenvalue weighted by Gasteiger charge is -2.28. The van der Waals surface area contributed by atoms with Gasteiger partial charge >= 0.3 is 6.18 Å². The molecule has 0 aliphatic heterocycles. The molecule has 25 heavy (non-hydrogen) atoms. The van der Waals surface area contributed by atoms with Crippen LogP contribution in [0.15, 0.2) is 0 Å². The summed E-state index contributed by atoms with van der Waals surface area (Å²) in [4.78, 5) is 16.3.